The second kappa shape index (κ2) is 6.28. The summed E-state index contributed by atoms with van der Waals surface area (Å²) >= 11 is 0. The lowest BCUT2D eigenvalue weighted by molar-refractivity contribution is -0.0419. The number of nitrogens with one attached hydrogen (secondary N) is 1. The van der Waals surface area contributed by atoms with Crippen molar-refractivity contribution in [3.8, 4) is 0 Å². The molecule has 1 unspecified atom stereocenters. The average molecular weight is 341 g/mol. The van der Waals surface area contributed by atoms with Gasteiger partial charge in [0.1, 0.15) is 5.83 Å². The summed E-state index contributed by atoms with van der Waals surface area (Å²) in [5, 5.41) is 3.74. The molecule has 1 saturated heterocycles. The van der Waals surface area contributed by atoms with Crippen LogP contribution in [0.2, 0.25) is 0 Å². The lowest BCUT2D eigenvalue weighted by atomic mass is 9.73. The van der Waals surface area contributed by atoms with Gasteiger partial charge in [-0.1, -0.05) is 39.0 Å². The zero-order chi connectivity index (χ0) is 17.6. The van der Waals surface area contributed by atoms with Crippen LogP contribution in [0.3, 0.4) is 0 Å². The van der Waals surface area contributed by atoms with Gasteiger partial charge in [0, 0.05) is 35.7 Å². The molecule has 2 aliphatic heterocycles. The van der Waals surface area contributed by atoms with E-state index in [1.807, 2.05) is 6.08 Å². The molecule has 1 fully saturated rings. The third kappa shape index (κ3) is 3.15. The molecule has 4 rings (SSSR count). The monoisotopic (exact) mass is 341 g/mol. The molecule has 2 heterocycles. The summed E-state index contributed by atoms with van der Waals surface area (Å²) in [4.78, 5) is 0. The van der Waals surface area contributed by atoms with E-state index in [1.54, 1.807) is 12.2 Å². The highest BCUT2D eigenvalue weighted by Crippen LogP contribution is 2.47. The molecule has 0 amide bonds. The normalized spacial score (nSPS) is 31.6. The summed E-state index contributed by atoms with van der Waals surface area (Å²) in [6.45, 7) is 7.56. The highest BCUT2D eigenvalue weighted by molar-refractivity contribution is 5.58. The number of benzene rings is 1. The topological polar surface area (TPSA) is 21.3 Å². The van der Waals surface area contributed by atoms with Crippen LogP contribution >= 0.6 is 0 Å². The Morgan fingerprint density at radius 1 is 1.24 bits per heavy atom. The van der Waals surface area contributed by atoms with Gasteiger partial charge < -0.3 is 10.1 Å². The van der Waals surface area contributed by atoms with Gasteiger partial charge in [0.05, 0.1) is 6.10 Å². The van der Waals surface area contributed by atoms with Crippen molar-refractivity contribution in [2.45, 2.75) is 57.6 Å². The van der Waals surface area contributed by atoms with Crippen molar-refractivity contribution in [3.63, 3.8) is 0 Å². The first-order valence-corrected chi connectivity index (χ1v) is 9.50. The van der Waals surface area contributed by atoms with Crippen LogP contribution in [0, 0.1) is 11.8 Å². The van der Waals surface area contributed by atoms with Crippen LogP contribution in [0.5, 0.6) is 0 Å². The fourth-order valence-electron chi connectivity index (χ4n) is 4.52. The number of anilines is 1. The summed E-state index contributed by atoms with van der Waals surface area (Å²) in [6.07, 6.45) is 8.57. The molecule has 1 aliphatic carbocycles. The smallest absolute Gasteiger partial charge is 0.119 e. The SMILES string of the molecule is CC(C)(C)c1ccc2c(c1)[C@@H]1OCCC[C@@H]1[C@@H](C1C=C(F)C=CC1)N2. The summed E-state index contributed by atoms with van der Waals surface area (Å²) in [7, 11) is 0. The Bertz CT molecular complexity index is 715. The molecular formula is C22H28FNO. The van der Waals surface area contributed by atoms with Gasteiger partial charge in [-0.15, -0.1) is 0 Å². The highest BCUT2D eigenvalue weighted by Gasteiger charge is 2.42. The maximum Gasteiger partial charge on any atom is 0.119 e. The van der Waals surface area contributed by atoms with Crippen molar-refractivity contribution in [2.24, 2.45) is 11.8 Å². The van der Waals surface area contributed by atoms with Crippen LogP contribution in [-0.4, -0.2) is 12.6 Å². The van der Waals surface area contributed by atoms with Gasteiger partial charge in [-0.25, -0.2) is 4.39 Å². The molecular weight excluding hydrogens is 313 g/mol. The third-order valence-electron chi connectivity index (χ3n) is 5.90. The van der Waals surface area contributed by atoms with Crippen molar-refractivity contribution in [1.82, 2.24) is 0 Å². The zero-order valence-corrected chi connectivity index (χ0v) is 15.4. The van der Waals surface area contributed by atoms with Crippen molar-refractivity contribution in [3.05, 3.63) is 53.4 Å². The predicted octanol–water partition coefficient (Wildman–Crippen LogP) is 5.68. The highest BCUT2D eigenvalue weighted by atomic mass is 19.1. The number of allylic oxidation sites excluding steroid dienone is 3. The van der Waals surface area contributed by atoms with Crippen LogP contribution in [0.1, 0.15) is 57.3 Å². The Hall–Kier alpha value is -1.61. The molecule has 1 aromatic carbocycles. The molecule has 0 spiro atoms. The van der Waals surface area contributed by atoms with Crippen LogP contribution in [0.15, 0.2) is 42.3 Å². The zero-order valence-electron chi connectivity index (χ0n) is 15.4. The lowest BCUT2D eigenvalue weighted by Crippen LogP contribution is -2.45. The average Bonchev–Trinajstić information content (AvgIpc) is 2.60. The van der Waals surface area contributed by atoms with Crippen molar-refractivity contribution >= 4 is 5.69 Å². The summed E-state index contributed by atoms with van der Waals surface area (Å²) < 4.78 is 20.1. The first-order chi connectivity index (χ1) is 11.9. The molecule has 3 heteroatoms. The Labute approximate surface area is 150 Å². The van der Waals surface area contributed by atoms with Crippen molar-refractivity contribution < 1.29 is 9.13 Å². The summed E-state index contributed by atoms with van der Waals surface area (Å²) in [5.41, 5.74) is 3.90. The second-order valence-corrected chi connectivity index (χ2v) is 8.67. The first-order valence-electron chi connectivity index (χ1n) is 9.50. The standard InChI is InChI=1S/C22H28FNO/c1-22(2,3)15-9-10-19-18(13-15)21-17(8-5-11-25-21)20(24-19)14-6-4-7-16(23)12-14/h4,7,9-10,12-14,17,20-21,24H,5-6,8,11H2,1-3H3/t14?,17-,20-,21-/m1/s1. The van der Waals surface area contributed by atoms with Gasteiger partial charge in [0.25, 0.3) is 0 Å². The van der Waals surface area contributed by atoms with Gasteiger partial charge in [-0.3, -0.25) is 0 Å². The Balaban J connectivity index is 1.72. The minimum Gasteiger partial charge on any atom is -0.381 e. The van der Waals surface area contributed by atoms with Crippen LogP contribution in [0.4, 0.5) is 10.1 Å². The number of ether oxygens (including phenoxy) is 1. The number of rotatable bonds is 1. The maximum absolute atomic E-state index is 13.8. The van der Waals surface area contributed by atoms with Gasteiger partial charge in [0.2, 0.25) is 0 Å². The molecule has 1 aromatic rings. The quantitative estimate of drug-likeness (QED) is 0.710. The van der Waals surface area contributed by atoms with E-state index in [2.05, 4.69) is 44.3 Å². The molecule has 0 saturated carbocycles. The van der Waals surface area contributed by atoms with E-state index in [0.29, 0.717) is 5.92 Å². The lowest BCUT2D eigenvalue weighted by Gasteiger charge is -2.46. The molecule has 4 atom stereocenters. The first kappa shape index (κ1) is 16.8. The minimum absolute atomic E-state index is 0.111. The molecule has 1 N–H and O–H groups in total. The van der Waals surface area contributed by atoms with Gasteiger partial charge in [-0.05, 0) is 48.5 Å². The molecule has 0 bridgehead atoms. The molecule has 0 radical (unpaired) electrons. The molecule has 25 heavy (non-hydrogen) atoms. The minimum atomic E-state index is -0.111. The van der Waals surface area contributed by atoms with E-state index < -0.39 is 0 Å². The number of hydrogen-bond acceptors (Lipinski definition) is 2. The Morgan fingerprint density at radius 3 is 2.84 bits per heavy atom. The van der Waals surface area contributed by atoms with Gasteiger partial charge >= 0.3 is 0 Å². The van der Waals surface area contributed by atoms with E-state index in [1.165, 1.54) is 11.1 Å². The van der Waals surface area contributed by atoms with Crippen molar-refractivity contribution in [2.75, 3.05) is 11.9 Å². The number of halogens is 1. The van der Waals surface area contributed by atoms with E-state index in [9.17, 15) is 4.39 Å². The van der Waals surface area contributed by atoms with E-state index in [-0.39, 0.29) is 29.3 Å². The second-order valence-electron chi connectivity index (χ2n) is 8.67. The van der Waals surface area contributed by atoms with Crippen LogP contribution < -0.4 is 5.32 Å². The largest absolute Gasteiger partial charge is 0.381 e. The summed E-state index contributed by atoms with van der Waals surface area (Å²) in [6, 6.07) is 6.95. The Morgan fingerprint density at radius 2 is 2.08 bits per heavy atom. The molecule has 0 aromatic heterocycles. The van der Waals surface area contributed by atoms with E-state index in [0.717, 1.165) is 31.6 Å². The third-order valence-corrected chi connectivity index (χ3v) is 5.90. The fraction of sp³-hybridized carbons (Fsp3) is 0.545. The van der Waals surface area contributed by atoms with Crippen LogP contribution in [0.25, 0.3) is 0 Å². The Kier molecular flexibility index (Phi) is 4.23. The van der Waals surface area contributed by atoms with Crippen molar-refractivity contribution in [1.29, 1.82) is 0 Å². The number of hydrogen-bond donors (Lipinski definition) is 1. The summed E-state index contributed by atoms with van der Waals surface area (Å²) in [5.74, 6) is 0.479. The van der Waals surface area contributed by atoms with E-state index >= 15 is 0 Å². The van der Waals surface area contributed by atoms with Crippen LogP contribution in [-0.2, 0) is 10.2 Å². The maximum atomic E-state index is 13.8. The predicted molar refractivity (Wildman–Crippen MR) is 100 cm³/mol. The van der Waals surface area contributed by atoms with Gasteiger partial charge in [-0.2, -0.15) is 0 Å². The molecule has 2 nitrogen and oxygen atoms in total. The molecule has 134 valence electrons. The number of fused-ring (bicyclic) bond motifs is 3. The van der Waals surface area contributed by atoms with Gasteiger partial charge in [0.15, 0.2) is 0 Å². The fourth-order valence-corrected chi connectivity index (χ4v) is 4.52. The van der Waals surface area contributed by atoms with E-state index in [4.69, 9.17) is 4.74 Å². The molecule has 3 aliphatic rings.